The average Bonchev–Trinajstić information content (AvgIpc) is 2.92. The van der Waals surface area contributed by atoms with Gasteiger partial charge in [-0.15, -0.1) is 0 Å². The first-order valence-electron chi connectivity index (χ1n) is 6.85. The van der Waals surface area contributed by atoms with Crippen LogP contribution in [-0.4, -0.2) is 30.6 Å². The molecule has 1 aromatic rings. The molecule has 1 aliphatic rings. The number of anilines is 1. The molecule has 22 heavy (non-hydrogen) atoms. The smallest absolute Gasteiger partial charge is 0.307 e. The van der Waals surface area contributed by atoms with Gasteiger partial charge in [0.1, 0.15) is 5.78 Å². The van der Waals surface area contributed by atoms with Crippen LogP contribution in [0.4, 0.5) is 5.69 Å². The first-order valence-corrected chi connectivity index (χ1v) is 6.85. The molecule has 118 valence electrons. The Morgan fingerprint density at radius 1 is 1.23 bits per heavy atom. The van der Waals surface area contributed by atoms with Crippen molar-refractivity contribution in [1.29, 1.82) is 0 Å². The number of fused-ring (bicyclic) bond motifs is 1. The zero-order valence-corrected chi connectivity index (χ0v) is 12.4. The maximum atomic E-state index is 12.0. The van der Waals surface area contributed by atoms with Gasteiger partial charge in [0.05, 0.1) is 6.42 Å². The lowest BCUT2D eigenvalue weighted by Crippen LogP contribution is -2.30. The molecule has 2 rings (SSSR count). The standard InChI is InChI=1S/C15H17NO6/c1-9(17)3-6-14(18)22-10(2)15(19)16-11-4-5-12-13(7-11)21-8-20-12/h4-5,7,10H,3,6,8H2,1-2H3,(H,16,19)/t10-/m0/s1. The number of hydrogen-bond donors (Lipinski definition) is 1. The maximum Gasteiger partial charge on any atom is 0.307 e. The van der Waals surface area contributed by atoms with E-state index in [1.807, 2.05) is 0 Å². The molecule has 1 atom stereocenters. The Labute approximate surface area is 127 Å². The van der Waals surface area contributed by atoms with Crippen molar-refractivity contribution in [1.82, 2.24) is 0 Å². The van der Waals surface area contributed by atoms with E-state index in [4.69, 9.17) is 14.2 Å². The van der Waals surface area contributed by atoms with E-state index in [0.29, 0.717) is 17.2 Å². The Balaban J connectivity index is 1.86. The second kappa shape index (κ2) is 6.93. The molecule has 0 saturated heterocycles. The minimum absolute atomic E-state index is 0.0308. The lowest BCUT2D eigenvalue weighted by molar-refractivity contribution is -0.153. The molecule has 1 amide bonds. The van der Waals surface area contributed by atoms with Crippen LogP contribution in [0.1, 0.15) is 26.7 Å². The number of amides is 1. The van der Waals surface area contributed by atoms with Crippen molar-refractivity contribution in [2.45, 2.75) is 32.8 Å². The van der Waals surface area contributed by atoms with Crippen molar-refractivity contribution in [2.24, 2.45) is 0 Å². The van der Waals surface area contributed by atoms with Gasteiger partial charge in [-0.1, -0.05) is 0 Å². The zero-order valence-electron chi connectivity index (χ0n) is 12.4. The number of rotatable bonds is 6. The van der Waals surface area contributed by atoms with Crippen LogP contribution in [0.3, 0.4) is 0 Å². The van der Waals surface area contributed by atoms with Gasteiger partial charge >= 0.3 is 5.97 Å². The minimum Gasteiger partial charge on any atom is -0.454 e. The quantitative estimate of drug-likeness (QED) is 0.804. The van der Waals surface area contributed by atoms with Gasteiger partial charge in [-0.05, 0) is 26.0 Å². The summed E-state index contributed by atoms with van der Waals surface area (Å²) in [6.07, 6.45) is -0.878. The number of ketones is 1. The van der Waals surface area contributed by atoms with E-state index in [1.54, 1.807) is 18.2 Å². The van der Waals surface area contributed by atoms with E-state index in [1.165, 1.54) is 13.8 Å². The van der Waals surface area contributed by atoms with Gasteiger partial charge in [-0.3, -0.25) is 9.59 Å². The van der Waals surface area contributed by atoms with E-state index in [0.717, 1.165) is 0 Å². The second-order valence-corrected chi connectivity index (χ2v) is 4.89. The third-order valence-electron chi connectivity index (χ3n) is 3.00. The molecule has 0 radical (unpaired) electrons. The molecule has 7 nitrogen and oxygen atoms in total. The Morgan fingerprint density at radius 2 is 1.95 bits per heavy atom. The van der Waals surface area contributed by atoms with Crippen LogP contribution in [-0.2, 0) is 19.1 Å². The normalized spacial score (nSPS) is 13.4. The van der Waals surface area contributed by atoms with Crippen LogP contribution in [0, 0.1) is 0 Å². The predicted molar refractivity (Wildman–Crippen MR) is 76.7 cm³/mol. The molecule has 0 fully saturated rings. The maximum absolute atomic E-state index is 12.0. The molecule has 0 aliphatic carbocycles. The molecule has 0 aromatic heterocycles. The summed E-state index contributed by atoms with van der Waals surface area (Å²) in [4.78, 5) is 34.2. The Morgan fingerprint density at radius 3 is 2.68 bits per heavy atom. The van der Waals surface area contributed by atoms with E-state index in [9.17, 15) is 14.4 Å². The van der Waals surface area contributed by atoms with E-state index in [2.05, 4.69) is 5.32 Å². The second-order valence-electron chi connectivity index (χ2n) is 4.89. The van der Waals surface area contributed by atoms with Gasteiger partial charge in [-0.2, -0.15) is 0 Å². The first-order chi connectivity index (χ1) is 10.5. The monoisotopic (exact) mass is 307 g/mol. The fourth-order valence-electron chi connectivity index (χ4n) is 1.81. The number of carbonyl (C=O) groups is 3. The highest BCUT2D eigenvalue weighted by atomic mass is 16.7. The highest BCUT2D eigenvalue weighted by Crippen LogP contribution is 2.34. The van der Waals surface area contributed by atoms with Crippen molar-refractivity contribution < 1.29 is 28.6 Å². The van der Waals surface area contributed by atoms with Crippen LogP contribution in [0.5, 0.6) is 11.5 Å². The van der Waals surface area contributed by atoms with Crippen molar-refractivity contribution >= 4 is 23.3 Å². The fourth-order valence-corrected chi connectivity index (χ4v) is 1.81. The van der Waals surface area contributed by atoms with Gasteiger partial charge in [0, 0.05) is 18.2 Å². The average molecular weight is 307 g/mol. The van der Waals surface area contributed by atoms with Crippen molar-refractivity contribution in [3.63, 3.8) is 0 Å². The lowest BCUT2D eigenvalue weighted by Gasteiger charge is -2.13. The van der Waals surface area contributed by atoms with E-state index >= 15 is 0 Å². The van der Waals surface area contributed by atoms with Crippen molar-refractivity contribution in [2.75, 3.05) is 12.1 Å². The van der Waals surface area contributed by atoms with Crippen molar-refractivity contribution in [3.8, 4) is 11.5 Å². The van der Waals surface area contributed by atoms with Gasteiger partial charge in [0.15, 0.2) is 17.6 Å². The summed E-state index contributed by atoms with van der Waals surface area (Å²) in [5, 5.41) is 2.62. The van der Waals surface area contributed by atoms with Gasteiger partial charge in [0.2, 0.25) is 6.79 Å². The first kappa shape index (κ1) is 15.8. The minimum atomic E-state index is -0.954. The molecule has 0 spiro atoms. The summed E-state index contributed by atoms with van der Waals surface area (Å²) in [6, 6.07) is 4.97. The molecule has 0 unspecified atom stereocenters. The third-order valence-corrected chi connectivity index (χ3v) is 3.00. The Bertz CT molecular complexity index is 598. The summed E-state index contributed by atoms with van der Waals surface area (Å²) in [6.45, 7) is 3.01. The number of esters is 1. The number of benzene rings is 1. The summed E-state index contributed by atoms with van der Waals surface area (Å²) in [5.74, 6) is 0.0126. The van der Waals surface area contributed by atoms with E-state index < -0.39 is 18.0 Å². The number of nitrogens with one attached hydrogen (secondary N) is 1. The van der Waals surface area contributed by atoms with Crippen molar-refractivity contribution in [3.05, 3.63) is 18.2 Å². The number of carbonyl (C=O) groups excluding carboxylic acids is 3. The van der Waals surface area contributed by atoms with Crippen LogP contribution in [0.2, 0.25) is 0 Å². The third kappa shape index (κ3) is 4.21. The Kier molecular flexibility index (Phi) is 4.98. The predicted octanol–water partition coefficient (Wildman–Crippen LogP) is 1.65. The molecule has 1 aliphatic heterocycles. The molecular formula is C15H17NO6. The van der Waals surface area contributed by atoms with E-state index in [-0.39, 0.29) is 25.4 Å². The molecule has 7 heteroatoms. The van der Waals surface area contributed by atoms with Gasteiger partial charge in [-0.25, -0.2) is 0 Å². The lowest BCUT2D eigenvalue weighted by atomic mass is 10.2. The summed E-state index contributed by atoms with van der Waals surface area (Å²) in [7, 11) is 0. The molecule has 0 saturated carbocycles. The Hall–Kier alpha value is -2.57. The van der Waals surface area contributed by atoms with Crippen LogP contribution < -0.4 is 14.8 Å². The highest BCUT2D eigenvalue weighted by Gasteiger charge is 2.19. The summed E-state index contributed by atoms with van der Waals surface area (Å²) in [5.41, 5.74) is 0.515. The van der Waals surface area contributed by atoms with Crippen LogP contribution in [0.15, 0.2) is 18.2 Å². The number of ether oxygens (including phenoxy) is 3. The molecule has 0 bridgehead atoms. The number of hydrogen-bond acceptors (Lipinski definition) is 6. The fraction of sp³-hybridized carbons (Fsp3) is 0.400. The SMILES string of the molecule is CC(=O)CCC(=O)O[C@@H](C)C(=O)Nc1ccc2c(c1)OCO2. The zero-order chi connectivity index (χ0) is 16.1. The topological polar surface area (TPSA) is 90.9 Å². The highest BCUT2D eigenvalue weighted by molar-refractivity contribution is 5.95. The largest absolute Gasteiger partial charge is 0.454 e. The molecule has 1 aromatic carbocycles. The number of Topliss-reactive ketones (excluding diaryl/α,β-unsaturated/α-hetero) is 1. The van der Waals surface area contributed by atoms with Gasteiger partial charge < -0.3 is 24.3 Å². The molecule has 1 N–H and O–H groups in total. The van der Waals surface area contributed by atoms with Crippen LogP contribution >= 0.6 is 0 Å². The summed E-state index contributed by atoms with van der Waals surface area (Å²) < 4.78 is 15.4. The summed E-state index contributed by atoms with van der Waals surface area (Å²) >= 11 is 0. The molecule has 1 heterocycles. The van der Waals surface area contributed by atoms with Gasteiger partial charge in [0.25, 0.3) is 5.91 Å². The van der Waals surface area contributed by atoms with Crippen LogP contribution in [0.25, 0.3) is 0 Å². The molecular weight excluding hydrogens is 290 g/mol.